The first-order chi connectivity index (χ1) is 20.6. The van der Waals surface area contributed by atoms with E-state index in [1.807, 2.05) is 24.3 Å². The molecule has 0 spiro atoms. The van der Waals surface area contributed by atoms with Crippen molar-refractivity contribution in [2.45, 2.75) is 23.8 Å². The number of nitrogens with two attached hydrogens (primary N) is 2. The number of carbonyl (C=O) groups excluding carboxylic acids is 1. The van der Waals surface area contributed by atoms with Gasteiger partial charge in [0, 0.05) is 43.3 Å². The molecule has 0 saturated carbocycles. The molecule has 5 rings (SSSR count). The Morgan fingerprint density at radius 2 is 1.81 bits per heavy atom. The standard InChI is InChI=1S/C32H33N5O5S/c1-41-28-18-20(16-23-19-35-32(34)36-31(23)33)17-26(30(28)42-2)27(38)13-15-37-14-12-21-6-4-5-7-25(21)29(37)22-8-10-24(11-9-22)43(3,39)40/h4-11,13,15,17-19,29H,12,14,16H2,1-3H3,(H4,33,34,35,36)/t29-/m1/s1. The van der Waals surface area contributed by atoms with Gasteiger partial charge in [-0.3, -0.25) is 4.79 Å². The fraction of sp³-hybridized carbons (Fsp3) is 0.219. The molecule has 2 heterocycles. The molecule has 1 aliphatic heterocycles. The van der Waals surface area contributed by atoms with Gasteiger partial charge in [-0.05, 0) is 52.9 Å². The van der Waals surface area contributed by atoms with Crippen molar-refractivity contribution < 1.29 is 22.7 Å². The Morgan fingerprint density at radius 1 is 1.07 bits per heavy atom. The molecule has 0 saturated heterocycles. The molecule has 43 heavy (non-hydrogen) atoms. The van der Waals surface area contributed by atoms with E-state index in [1.54, 1.807) is 36.7 Å². The third-order valence-electron chi connectivity index (χ3n) is 7.48. The highest BCUT2D eigenvalue weighted by atomic mass is 32.2. The molecule has 0 fully saturated rings. The van der Waals surface area contributed by atoms with Crippen LogP contribution in [0.3, 0.4) is 0 Å². The van der Waals surface area contributed by atoms with Gasteiger partial charge < -0.3 is 25.8 Å². The van der Waals surface area contributed by atoms with Crippen molar-refractivity contribution in [1.82, 2.24) is 14.9 Å². The van der Waals surface area contributed by atoms with E-state index in [4.69, 9.17) is 20.9 Å². The lowest BCUT2D eigenvalue weighted by Crippen LogP contribution is -2.32. The summed E-state index contributed by atoms with van der Waals surface area (Å²) in [5, 5.41) is 0. The quantitative estimate of drug-likeness (QED) is 0.213. The minimum absolute atomic E-state index is 0.0829. The molecule has 0 radical (unpaired) electrons. The van der Waals surface area contributed by atoms with Gasteiger partial charge >= 0.3 is 0 Å². The van der Waals surface area contributed by atoms with Gasteiger partial charge in [0.25, 0.3) is 0 Å². The van der Waals surface area contributed by atoms with E-state index in [0.717, 1.165) is 23.1 Å². The molecule has 4 N–H and O–H groups in total. The van der Waals surface area contributed by atoms with Gasteiger partial charge in [0.15, 0.2) is 27.1 Å². The number of sulfone groups is 1. The van der Waals surface area contributed by atoms with Crippen LogP contribution in [0.15, 0.2) is 84.0 Å². The summed E-state index contributed by atoms with van der Waals surface area (Å²) in [6.07, 6.45) is 7.21. The molecule has 0 bridgehead atoms. The van der Waals surface area contributed by atoms with Gasteiger partial charge in [-0.25, -0.2) is 13.4 Å². The molecule has 222 valence electrons. The van der Waals surface area contributed by atoms with Crippen molar-refractivity contribution in [3.8, 4) is 11.5 Å². The molecular weight excluding hydrogens is 566 g/mol. The van der Waals surface area contributed by atoms with Gasteiger partial charge in [-0.1, -0.05) is 36.4 Å². The van der Waals surface area contributed by atoms with Crippen molar-refractivity contribution >= 4 is 27.4 Å². The van der Waals surface area contributed by atoms with E-state index in [0.29, 0.717) is 35.6 Å². The molecule has 4 aromatic rings. The van der Waals surface area contributed by atoms with Crippen LogP contribution in [-0.4, -0.2) is 56.1 Å². The van der Waals surface area contributed by atoms with Crippen LogP contribution in [0.1, 0.15) is 44.2 Å². The van der Waals surface area contributed by atoms with Crippen molar-refractivity contribution in [3.63, 3.8) is 0 Å². The van der Waals surface area contributed by atoms with Gasteiger partial charge in [0.2, 0.25) is 5.95 Å². The number of nitrogen functional groups attached to an aromatic ring is 2. The maximum absolute atomic E-state index is 13.7. The normalized spacial score (nSPS) is 14.9. The summed E-state index contributed by atoms with van der Waals surface area (Å²) < 4.78 is 35.3. The lowest BCUT2D eigenvalue weighted by atomic mass is 9.88. The number of nitrogens with zero attached hydrogens (tertiary/aromatic N) is 3. The average molecular weight is 600 g/mol. The number of benzene rings is 3. The zero-order valence-electron chi connectivity index (χ0n) is 24.2. The molecule has 1 aliphatic rings. The van der Waals surface area contributed by atoms with Crippen molar-refractivity contribution in [1.29, 1.82) is 0 Å². The smallest absolute Gasteiger partial charge is 0.221 e. The van der Waals surface area contributed by atoms with Crippen LogP contribution < -0.4 is 20.9 Å². The van der Waals surface area contributed by atoms with Crippen LogP contribution in [0.2, 0.25) is 0 Å². The first kappa shape index (κ1) is 29.6. The second-order valence-corrected chi connectivity index (χ2v) is 12.3. The summed E-state index contributed by atoms with van der Waals surface area (Å²) in [7, 11) is -0.332. The number of hydrogen-bond donors (Lipinski definition) is 2. The molecule has 0 aliphatic carbocycles. The van der Waals surface area contributed by atoms with Crippen LogP contribution in [0.4, 0.5) is 11.8 Å². The number of methoxy groups -OCH3 is 2. The van der Waals surface area contributed by atoms with Crippen LogP contribution in [0.5, 0.6) is 11.5 Å². The van der Waals surface area contributed by atoms with Crippen LogP contribution >= 0.6 is 0 Å². The van der Waals surface area contributed by atoms with E-state index >= 15 is 0 Å². The Bertz CT molecular complexity index is 1810. The van der Waals surface area contributed by atoms with Crippen molar-refractivity contribution in [2.24, 2.45) is 0 Å². The summed E-state index contributed by atoms with van der Waals surface area (Å²) in [6.45, 7) is 0.663. The Morgan fingerprint density at radius 3 is 2.49 bits per heavy atom. The van der Waals surface area contributed by atoms with E-state index in [9.17, 15) is 13.2 Å². The predicted molar refractivity (Wildman–Crippen MR) is 165 cm³/mol. The van der Waals surface area contributed by atoms with Crippen molar-refractivity contribution in [3.05, 3.63) is 113 Å². The lowest BCUT2D eigenvalue weighted by Gasteiger charge is -2.37. The van der Waals surface area contributed by atoms with Gasteiger partial charge in [-0.2, -0.15) is 4.98 Å². The fourth-order valence-electron chi connectivity index (χ4n) is 5.37. The number of aromatic nitrogens is 2. The molecule has 1 atom stereocenters. The Balaban J connectivity index is 1.49. The SMILES string of the molecule is COc1cc(Cc2cnc(N)nc2N)cc(C(=O)C=CN2CCc3ccccc3[C@H]2c2ccc(S(C)(=O)=O)cc2)c1OC. The number of ether oxygens (including phenoxy) is 2. The first-order valence-electron chi connectivity index (χ1n) is 13.6. The minimum Gasteiger partial charge on any atom is -0.493 e. The Kier molecular flexibility index (Phi) is 8.36. The minimum atomic E-state index is -3.33. The second kappa shape index (κ2) is 12.1. The number of hydrogen-bond acceptors (Lipinski definition) is 10. The fourth-order valence-corrected chi connectivity index (χ4v) is 6.00. The van der Waals surface area contributed by atoms with Gasteiger partial charge in [0.1, 0.15) is 5.82 Å². The Labute approximate surface area is 250 Å². The summed E-state index contributed by atoms with van der Waals surface area (Å²) in [4.78, 5) is 24.1. The highest BCUT2D eigenvalue weighted by Crippen LogP contribution is 2.37. The van der Waals surface area contributed by atoms with Crippen molar-refractivity contribution in [2.75, 3.05) is 38.5 Å². The van der Waals surface area contributed by atoms with E-state index in [1.165, 1.54) is 32.1 Å². The molecular formula is C32H33N5O5S. The molecule has 3 aromatic carbocycles. The number of carbonyl (C=O) groups is 1. The topological polar surface area (TPSA) is 151 Å². The zero-order valence-corrected chi connectivity index (χ0v) is 25.0. The van der Waals surface area contributed by atoms with Crippen LogP contribution in [0.25, 0.3) is 0 Å². The van der Waals surface area contributed by atoms with Gasteiger partial charge in [-0.15, -0.1) is 0 Å². The predicted octanol–water partition coefficient (Wildman–Crippen LogP) is 4.00. The van der Waals surface area contributed by atoms with Gasteiger partial charge in [0.05, 0.1) is 30.7 Å². The maximum Gasteiger partial charge on any atom is 0.221 e. The number of ketones is 1. The summed E-state index contributed by atoms with van der Waals surface area (Å²) in [5.74, 6) is 0.793. The van der Waals surface area contributed by atoms with Crippen LogP contribution in [-0.2, 0) is 22.7 Å². The molecule has 11 heteroatoms. The largest absolute Gasteiger partial charge is 0.493 e. The number of anilines is 2. The second-order valence-electron chi connectivity index (χ2n) is 10.3. The van der Waals surface area contributed by atoms with E-state index in [2.05, 4.69) is 27.0 Å². The third kappa shape index (κ3) is 6.31. The Hall–Kier alpha value is -4.90. The highest BCUT2D eigenvalue weighted by molar-refractivity contribution is 7.90. The van der Waals surface area contributed by atoms with E-state index in [-0.39, 0.29) is 28.5 Å². The molecule has 0 unspecified atom stereocenters. The maximum atomic E-state index is 13.7. The summed E-state index contributed by atoms with van der Waals surface area (Å²) in [5.41, 5.74) is 16.7. The average Bonchev–Trinajstić information content (AvgIpc) is 3.00. The monoisotopic (exact) mass is 599 g/mol. The van der Waals surface area contributed by atoms with Crippen LogP contribution in [0, 0.1) is 0 Å². The highest BCUT2D eigenvalue weighted by Gasteiger charge is 2.27. The first-order valence-corrected chi connectivity index (χ1v) is 15.5. The number of allylic oxidation sites excluding steroid dienone is 1. The molecule has 0 amide bonds. The molecule has 10 nitrogen and oxygen atoms in total. The summed E-state index contributed by atoms with van der Waals surface area (Å²) in [6, 6.07) is 18.4. The third-order valence-corrected chi connectivity index (χ3v) is 8.61. The molecule has 1 aromatic heterocycles. The zero-order chi connectivity index (χ0) is 30.7. The lowest BCUT2D eigenvalue weighted by molar-refractivity contribution is 0.104. The number of rotatable bonds is 9. The van der Waals surface area contributed by atoms with E-state index < -0.39 is 9.84 Å². The summed E-state index contributed by atoms with van der Waals surface area (Å²) >= 11 is 0. The number of fused-ring (bicyclic) bond motifs is 1.